The lowest BCUT2D eigenvalue weighted by atomic mass is 9.62. The number of hydrogen-bond donors (Lipinski definition) is 0. The Kier molecular flexibility index (Phi) is 6.16. The van der Waals surface area contributed by atoms with Crippen molar-refractivity contribution in [3.05, 3.63) is 239 Å². The van der Waals surface area contributed by atoms with Crippen LogP contribution in [0.3, 0.4) is 0 Å². The zero-order valence-corrected chi connectivity index (χ0v) is 29.8. The third-order valence-electron chi connectivity index (χ3n) is 12.0. The van der Waals surface area contributed by atoms with Crippen LogP contribution in [0.2, 0.25) is 0 Å². The van der Waals surface area contributed by atoms with Crippen LogP contribution in [0, 0.1) is 0 Å². The summed E-state index contributed by atoms with van der Waals surface area (Å²) in [6.07, 6.45) is 0. The van der Waals surface area contributed by atoms with Gasteiger partial charge in [0.05, 0.1) is 33.5 Å². The van der Waals surface area contributed by atoms with Crippen molar-refractivity contribution in [2.45, 2.75) is 11.0 Å². The second kappa shape index (κ2) is 11.2. The summed E-state index contributed by atoms with van der Waals surface area (Å²) in [6, 6.07) is 73.0. The molecule has 0 bridgehead atoms. The van der Waals surface area contributed by atoms with E-state index in [1.54, 1.807) is 0 Å². The van der Waals surface area contributed by atoms with Gasteiger partial charge in [0.1, 0.15) is 0 Å². The molecule has 3 aliphatic rings. The zero-order chi connectivity index (χ0) is 36.1. The molecule has 1 aromatic heterocycles. The SMILES string of the molecule is c1ccc(C2(c3ccccc3)c3ccccc3N(c3ccc4c(c3)C3(Oc5nc6ccccc6n5-4)c4ccccc4-c4ccccc43)c3ccccc32)cc1. The van der Waals surface area contributed by atoms with Gasteiger partial charge in [0.15, 0.2) is 5.60 Å². The highest BCUT2D eigenvalue weighted by molar-refractivity contribution is 5.92. The smallest absolute Gasteiger partial charge is 0.303 e. The Labute approximate surface area is 319 Å². The van der Waals surface area contributed by atoms with Crippen LogP contribution in [-0.2, 0) is 11.0 Å². The molecule has 0 N–H and O–H groups in total. The van der Waals surface area contributed by atoms with E-state index in [1.807, 2.05) is 6.07 Å². The number of nitrogens with zero attached hydrogens (tertiary/aromatic N) is 3. The lowest BCUT2D eigenvalue weighted by molar-refractivity contribution is 0.132. The number of fused-ring (bicyclic) bond motifs is 13. The van der Waals surface area contributed by atoms with E-state index in [0.717, 1.165) is 50.5 Å². The predicted molar refractivity (Wildman–Crippen MR) is 220 cm³/mol. The molecule has 1 spiro atoms. The first-order chi connectivity index (χ1) is 27.3. The second-order valence-electron chi connectivity index (χ2n) is 14.6. The van der Waals surface area contributed by atoms with Crippen molar-refractivity contribution >= 4 is 28.1 Å². The quantitative estimate of drug-likeness (QED) is 0.183. The Bertz CT molecular complexity index is 2850. The second-order valence-corrected chi connectivity index (χ2v) is 14.6. The summed E-state index contributed by atoms with van der Waals surface area (Å²) in [5.41, 5.74) is 15.5. The lowest BCUT2D eigenvalue weighted by Crippen LogP contribution is -2.39. The summed E-state index contributed by atoms with van der Waals surface area (Å²) in [5.74, 6) is 0. The van der Waals surface area contributed by atoms with Gasteiger partial charge in [0.2, 0.25) is 0 Å². The number of ether oxygens (including phenoxy) is 1. The van der Waals surface area contributed by atoms with Crippen molar-refractivity contribution < 1.29 is 4.74 Å². The van der Waals surface area contributed by atoms with Crippen LogP contribution >= 0.6 is 0 Å². The summed E-state index contributed by atoms with van der Waals surface area (Å²) in [7, 11) is 0. The van der Waals surface area contributed by atoms with Gasteiger partial charge in [-0.05, 0) is 75.8 Å². The number of aromatic nitrogens is 2. The van der Waals surface area contributed by atoms with Crippen molar-refractivity contribution in [1.29, 1.82) is 0 Å². The molecule has 3 heterocycles. The Hall–Kier alpha value is -7.17. The Morgan fingerprint density at radius 3 is 1.55 bits per heavy atom. The van der Waals surface area contributed by atoms with E-state index in [-0.39, 0.29) is 0 Å². The molecular weight excluding hydrogens is 671 g/mol. The molecule has 0 amide bonds. The van der Waals surface area contributed by atoms with Crippen LogP contribution in [0.5, 0.6) is 6.01 Å². The number of imidazole rings is 1. The minimum absolute atomic E-state index is 0.543. The monoisotopic (exact) mass is 703 g/mol. The normalized spacial score (nSPS) is 14.9. The Morgan fingerprint density at radius 1 is 0.418 bits per heavy atom. The van der Waals surface area contributed by atoms with Crippen molar-refractivity contribution in [3.8, 4) is 22.8 Å². The first kappa shape index (κ1) is 30.3. The van der Waals surface area contributed by atoms with Crippen LogP contribution in [0.15, 0.2) is 200 Å². The van der Waals surface area contributed by atoms with Crippen LogP contribution < -0.4 is 9.64 Å². The fraction of sp³-hybridized carbons (Fsp3) is 0.0392. The van der Waals surface area contributed by atoms with Gasteiger partial charge in [-0.3, -0.25) is 4.57 Å². The van der Waals surface area contributed by atoms with Gasteiger partial charge in [0, 0.05) is 22.4 Å². The van der Waals surface area contributed by atoms with Crippen molar-refractivity contribution in [2.75, 3.05) is 4.90 Å². The van der Waals surface area contributed by atoms with E-state index in [0.29, 0.717) is 6.01 Å². The van der Waals surface area contributed by atoms with Crippen LogP contribution in [0.4, 0.5) is 17.1 Å². The van der Waals surface area contributed by atoms with Crippen molar-refractivity contribution in [2.24, 2.45) is 0 Å². The van der Waals surface area contributed by atoms with E-state index in [9.17, 15) is 0 Å². The first-order valence-electron chi connectivity index (χ1n) is 18.9. The molecule has 55 heavy (non-hydrogen) atoms. The van der Waals surface area contributed by atoms with Gasteiger partial charge in [0.25, 0.3) is 0 Å². The molecule has 0 saturated carbocycles. The van der Waals surface area contributed by atoms with Crippen molar-refractivity contribution in [1.82, 2.24) is 9.55 Å². The summed E-state index contributed by atoms with van der Waals surface area (Å²) >= 11 is 0. The fourth-order valence-electron chi connectivity index (χ4n) is 9.92. The summed E-state index contributed by atoms with van der Waals surface area (Å²) in [5, 5.41) is 0. The number of anilines is 3. The minimum atomic E-state index is -0.914. The molecule has 2 aliphatic heterocycles. The number of hydrogen-bond acceptors (Lipinski definition) is 3. The molecular formula is C51H33N3O. The van der Waals surface area contributed by atoms with Gasteiger partial charge in [-0.2, -0.15) is 4.98 Å². The molecule has 0 unspecified atom stereocenters. The van der Waals surface area contributed by atoms with E-state index >= 15 is 0 Å². The van der Waals surface area contributed by atoms with E-state index in [4.69, 9.17) is 9.72 Å². The maximum Gasteiger partial charge on any atom is 0.303 e. The standard InChI is InChI=1S/C51H33N3O/c1-3-17-34(18-4-1)50(35-19-5-2-6-20-35)41-25-11-14-28-45(41)53(46-29-15-12-26-42(46)50)36-31-32-47-43(33-36)51(55-49-52-44-27-13-16-30-48(44)54(47)49)39-23-9-7-21-37(39)38-22-8-10-24-40(38)51/h1-33H. The molecule has 0 radical (unpaired) electrons. The molecule has 4 nitrogen and oxygen atoms in total. The summed E-state index contributed by atoms with van der Waals surface area (Å²) in [4.78, 5) is 7.55. The molecule has 9 aromatic rings. The van der Waals surface area contributed by atoms with E-state index in [2.05, 4.69) is 204 Å². The van der Waals surface area contributed by atoms with Crippen LogP contribution in [0.25, 0.3) is 27.8 Å². The van der Waals surface area contributed by atoms with Gasteiger partial charge in [-0.15, -0.1) is 0 Å². The number of benzene rings is 8. The maximum atomic E-state index is 7.41. The number of para-hydroxylation sites is 4. The largest absolute Gasteiger partial charge is 0.443 e. The molecule has 258 valence electrons. The molecule has 0 saturated heterocycles. The first-order valence-corrected chi connectivity index (χ1v) is 18.9. The van der Waals surface area contributed by atoms with Gasteiger partial charge < -0.3 is 9.64 Å². The highest BCUT2D eigenvalue weighted by Gasteiger charge is 2.52. The lowest BCUT2D eigenvalue weighted by Gasteiger charge is -2.47. The topological polar surface area (TPSA) is 30.3 Å². The Morgan fingerprint density at radius 2 is 0.927 bits per heavy atom. The number of rotatable bonds is 3. The Balaban J connectivity index is 1.17. The zero-order valence-electron chi connectivity index (χ0n) is 29.8. The molecule has 4 heteroatoms. The maximum absolute atomic E-state index is 7.41. The van der Waals surface area contributed by atoms with Gasteiger partial charge >= 0.3 is 6.01 Å². The van der Waals surface area contributed by atoms with E-state index in [1.165, 1.54) is 33.4 Å². The third kappa shape index (κ3) is 3.88. The molecule has 1 aliphatic carbocycles. The highest BCUT2D eigenvalue weighted by Crippen LogP contribution is 2.60. The third-order valence-corrected chi connectivity index (χ3v) is 12.0. The molecule has 8 aromatic carbocycles. The average molecular weight is 704 g/mol. The highest BCUT2D eigenvalue weighted by atomic mass is 16.5. The van der Waals surface area contributed by atoms with E-state index < -0.39 is 11.0 Å². The molecule has 0 atom stereocenters. The fourth-order valence-corrected chi connectivity index (χ4v) is 9.92. The average Bonchev–Trinajstić information content (AvgIpc) is 3.77. The van der Waals surface area contributed by atoms with Gasteiger partial charge in [-0.25, -0.2) is 0 Å². The molecule has 12 rings (SSSR count). The minimum Gasteiger partial charge on any atom is -0.443 e. The summed E-state index contributed by atoms with van der Waals surface area (Å²) < 4.78 is 9.60. The molecule has 0 fully saturated rings. The van der Waals surface area contributed by atoms with Crippen molar-refractivity contribution in [3.63, 3.8) is 0 Å². The summed E-state index contributed by atoms with van der Waals surface area (Å²) in [6.45, 7) is 0. The van der Waals surface area contributed by atoms with Crippen LogP contribution in [0.1, 0.15) is 38.9 Å². The predicted octanol–water partition coefficient (Wildman–Crippen LogP) is 11.9. The van der Waals surface area contributed by atoms with Gasteiger partial charge in [-0.1, -0.05) is 158 Å². The van der Waals surface area contributed by atoms with Crippen LogP contribution in [-0.4, -0.2) is 9.55 Å².